The highest BCUT2D eigenvalue weighted by molar-refractivity contribution is 5.96. The minimum absolute atomic E-state index is 0.0878. The number of anilines is 1. The normalized spacial score (nSPS) is 19.5. The highest BCUT2D eigenvalue weighted by Gasteiger charge is 2.36. The molecule has 3 aromatic rings. The number of nitrogens with two attached hydrogens (primary N) is 1. The van der Waals surface area contributed by atoms with Crippen molar-refractivity contribution in [3.05, 3.63) is 65.7 Å². The number of carbonyl (C=O) groups excluding carboxylic acids is 1. The molecule has 4 rings (SSSR count). The standard InChI is InChI=1S/C19H17FN4O3/c20-13-3-1-2-11(6-13)16-7-12(18(21)25)10-23(16)14-4-5-24-17(8-14)15(9-22-24)19(26)27/h1-6,8-9,12,16H,7,10H2,(H2,21,25)(H,26,27)/t12-,16+/m0/s1. The van der Waals surface area contributed by atoms with Crippen LogP contribution in [0.2, 0.25) is 0 Å². The number of pyridine rings is 1. The molecule has 1 amide bonds. The maximum atomic E-state index is 13.7. The van der Waals surface area contributed by atoms with Crippen LogP contribution in [0, 0.1) is 11.7 Å². The summed E-state index contributed by atoms with van der Waals surface area (Å²) in [5.41, 5.74) is 7.51. The first kappa shape index (κ1) is 17.0. The Morgan fingerprint density at radius 2 is 2.07 bits per heavy atom. The van der Waals surface area contributed by atoms with Crippen LogP contribution in [0.3, 0.4) is 0 Å². The van der Waals surface area contributed by atoms with Crippen molar-refractivity contribution >= 4 is 23.1 Å². The van der Waals surface area contributed by atoms with Crippen LogP contribution in [0.15, 0.2) is 48.8 Å². The van der Waals surface area contributed by atoms with Gasteiger partial charge in [0.05, 0.1) is 23.7 Å². The minimum Gasteiger partial charge on any atom is -0.478 e. The molecule has 27 heavy (non-hydrogen) atoms. The number of hydrogen-bond acceptors (Lipinski definition) is 4. The number of carboxylic acid groups (broad SMARTS) is 1. The van der Waals surface area contributed by atoms with Gasteiger partial charge >= 0.3 is 5.97 Å². The van der Waals surface area contributed by atoms with E-state index < -0.39 is 11.9 Å². The molecule has 7 nitrogen and oxygen atoms in total. The first-order valence-corrected chi connectivity index (χ1v) is 8.46. The van der Waals surface area contributed by atoms with Crippen molar-refractivity contribution in [1.82, 2.24) is 9.61 Å². The van der Waals surface area contributed by atoms with E-state index in [-0.39, 0.29) is 23.3 Å². The summed E-state index contributed by atoms with van der Waals surface area (Å²) in [7, 11) is 0. The summed E-state index contributed by atoms with van der Waals surface area (Å²) in [6.07, 6.45) is 3.42. The molecule has 0 spiro atoms. The summed E-state index contributed by atoms with van der Waals surface area (Å²) in [5, 5.41) is 13.4. The molecule has 2 aromatic heterocycles. The van der Waals surface area contributed by atoms with Crippen LogP contribution < -0.4 is 10.6 Å². The van der Waals surface area contributed by atoms with E-state index in [1.165, 1.54) is 22.8 Å². The van der Waals surface area contributed by atoms with Gasteiger partial charge in [-0.05, 0) is 36.2 Å². The Bertz CT molecular complexity index is 1050. The predicted molar refractivity (Wildman–Crippen MR) is 95.9 cm³/mol. The molecule has 1 aliphatic rings. The van der Waals surface area contributed by atoms with Crippen molar-refractivity contribution in [1.29, 1.82) is 0 Å². The quantitative estimate of drug-likeness (QED) is 0.735. The van der Waals surface area contributed by atoms with Crippen LogP contribution in [0.4, 0.5) is 10.1 Å². The van der Waals surface area contributed by atoms with Gasteiger partial charge in [-0.3, -0.25) is 4.79 Å². The van der Waals surface area contributed by atoms with E-state index in [1.54, 1.807) is 24.4 Å². The van der Waals surface area contributed by atoms with Crippen molar-refractivity contribution in [2.24, 2.45) is 11.7 Å². The highest BCUT2D eigenvalue weighted by atomic mass is 19.1. The van der Waals surface area contributed by atoms with E-state index in [0.29, 0.717) is 18.5 Å². The molecule has 3 N–H and O–H groups in total. The van der Waals surface area contributed by atoms with Gasteiger partial charge < -0.3 is 15.7 Å². The third kappa shape index (κ3) is 2.99. The van der Waals surface area contributed by atoms with Crippen molar-refractivity contribution in [2.75, 3.05) is 11.4 Å². The molecule has 0 radical (unpaired) electrons. The molecular formula is C19H17FN4O3. The third-order valence-electron chi connectivity index (χ3n) is 5.00. The summed E-state index contributed by atoms with van der Waals surface area (Å²) in [6, 6.07) is 9.52. The molecule has 3 heterocycles. The zero-order chi connectivity index (χ0) is 19.1. The third-order valence-corrected chi connectivity index (χ3v) is 5.00. The fourth-order valence-corrected chi connectivity index (χ4v) is 3.67. The van der Waals surface area contributed by atoms with E-state index in [2.05, 4.69) is 5.10 Å². The van der Waals surface area contributed by atoms with Crippen LogP contribution in [-0.4, -0.2) is 33.1 Å². The molecule has 0 aliphatic carbocycles. The fraction of sp³-hybridized carbons (Fsp3) is 0.211. The molecule has 1 aromatic carbocycles. The zero-order valence-electron chi connectivity index (χ0n) is 14.2. The maximum Gasteiger partial charge on any atom is 0.339 e. The lowest BCUT2D eigenvalue weighted by molar-refractivity contribution is -0.121. The maximum absolute atomic E-state index is 13.7. The highest BCUT2D eigenvalue weighted by Crippen LogP contribution is 2.39. The Kier molecular flexibility index (Phi) is 4.02. The van der Waals surface area contributed by atoms with Gasteiger partial charge in [0.25, 0.3) is 0 Å². The van der Waals surface area contributed by atoms with Crippen molar-refractivity contribution in [3.8, 4) is 0 Å². The Morgan fingerprint density at radius 3 is 2.78 bits per heavy atom. The minimum atomic E-state index is -1.07. The molecule has 0 unspecified atom stereocenters. The van der Waals surface area contributed by atoms with Crippen molar-refractivity contribution in [3.63, 3.8) is 0 Å². The number of aromatic carboxylic acids is 1. The lowest BCUT2D eigenvalue weighted by Gasteiger charge is -2.27. The van der Waals surface area contributed by atoms with E-state index in [1.807, 2.05) is 11.0 Å². The number of halogens is 1. The molecule has 0 saturated carbocycles. The second kappa shape index (κ2) is 6.39. The molecule has 2 atom stereocenters. The average molecular weight is 368 g/mol. The average Bonchev–Trinajstić information content (AvgIpc) is 3.25. The van der Waals surface area contributed by atoms with E-state index >= 15 is 0 Å². The van der Waals surface area contributed by atoms with Crippen molar-refractivity contribution < 1.29 is 19.1 Å². The first-order valence-electron chi connectivity index (χ1n) is 8.46. The Balaban J connectivity index is 1.79. The van der Waals surface area contributed by atoms with Gasteiger partial charge in [0, 0.05) is 18.4 Å². The summed E-state index contributed by atoms with van der Waals surface area (Å²) in [6.45, 7) is 0.378. The zero-order valence-corrected chi connectivity index (χ0v) is 14.2. The molecule has 138 valence electrons. The lowest BCUT2D eigenvalue weighted by atomic mass is 9.99. The molecule has 1 saturated heterocycles. The molecular weight excluding hydrogens is 351 g/mol. The summed E-state index contributed by atoms with van der Waals surface area (Å²) >= 11 is 0. The van der Waals surface area contributed by atoms with Gasteiger partial charge in [-0.25, -0.2) is 13.7 Å². The number of nitrogens with zero attached hydrogens (tertiary/aromatic N) is 3. The Labute approximate surface area is 153 Å². The second-order valence-electron chi connectivity index (χ2n) is 6.64. The topological polar surface area (TPSA) is 101 Å². The number of primary amides is 1. The van der Waals surface area contributed by atoms with Crippen LogP contribution in [-0.2, 0) is 4.79 Å². The monoisotopic (exact) mass is 368 g/mol. The summed E-state index contributed by atoms with van der Waals surface area (Å²) < 4.78 is 15.2. The Hall–Kier alpha value is -3.42. The number of amides is 1. The van der Waals surface area contributed by atoms with Gasteiger partial charge in [-0.1, -0.05) is 12.1 Å². The number of carboxylic acids is 1. The number of hydrogen-bond donors (Lipinski definition) is 2. The van der Waals surface area contributed by atoms with E-state index in [9.17, 15) is 19.1 Å². The smallest absolute Gasteiger partial charge is 0.339 e. The number of aromatic nitrogens is 2. The molecule has 1 fully saturated rings. The summed E-state index contributed by atoms with van der Waals surface area (Å²) in [5.74, 6) is -2.21. The van der Waals surface area contributed by atoms with Gasteiger partial charge in [0.1, 0.15) is 11.4 Å². The number of rotatable bonds is 4. The van der Waals surface area contributed by atoms with Crippen LogP contribution in [0.1, 0.15) is 28.4 Å². The second-order valence-corrected chi connectivity index (χ2v) is 6.64. The SMILES string of the molecule is NC(=O)[C@H]1C[C@H](c2cccc(F)c2)N(c2ccn3ncc(C(=O)O)c3c2)C1. The van der Waals surface area contributed by atoms with Gasteiger partial charge in [-0.2, -0.15) is 5.10 Å². The number of benzene rings is 1. The van der Waals surface area contributed by atoms with Crippen LogP contribution in [0.25, 0.3) is 5.52 Å². The largest absolute Gasteiger partial charge is 0.478 e. The molecule has 0 bridgehead atoms. The molecule has 1 aliphatic heterocycles. The number of fused-ring (bicyclic) bond motifs is 1. The number of carbonyl (C=O) groups is 2. The van der Waals surface area contributed by atoms with Gasteiger partial charge in [0.2, 0.25) is 5.91 Å². The van der Waals surface area contributed by atoms with Crippen LogP contribution >= 0.6 is 0 Å². The van der Waals surface area contributed by atoms with Crippen LogP contribution in [0.5, 0.6) is 0 Å². The van der Waals surface area contributed by atoms with Crippen molar-refractivity contribution in [2.45, 2.75) is 12.5 Å². The van der Waals surface area contributed by atoms with E-state index in [0.717, 1.165) is 11.3 Å². The first-order chi connectivity index (χ1) is 12.9. The van der Waals surface area contributed by atoms with Gasteiger partial charge in [0.15, 0.2) is 0 Å². The summed E-state index contributed by atoms with van der Waals surface area (Å²) in [4.78, 5) is 25.1. The predicted octanol–water partition coefficient (Wildman–Crippen LogP) is 2.22. The Morgan fingerprint density at radius 1 is 1.26 bits per heavy atom. The lowest BCUT2D eigenvalue weighted by Crippen LogP contribution is -2.28. The van der Waals surface area contributed by atoms with E-state index in [4.69, 9.17) is 5.73 Å². The fourth-order valence-electron chi connectivity index (χ4n) is 3.67. The van der Waals surface area contributed by atoms with Gasteiger partial charge in [-0.15, -0.1) is 0 Å². The molecule has 8 heteroatoms.